The van der Waals surface area contributed by atoms with Crippen LogP contribution in [0.5, 0.6) is 5.75 Å². The van der Waals surface area contributed by atoms with Crippen molar-refractivity contribution in [2.75, 3.05) is 20.3 Å². The van der Waals surface area contributed by atoms with E-state index in [9.17, 15) is 0 Å². The summed E-state index contributed by atoms with van der Waals surface area (Å²) in [7, 11) is 1.70. The summed E-state index contributed by atoms with van der Waals surface area (Å²) in [6.45, 7) is 4.78. The van der Waals surface area contributed by atoms with Crippen LogP contribution in [-0.4, -0.2) is 25.8 Å². The van der Waals surface area contributed by atoms with Crippen LogP contribution >= 0.6 is 0 Å². The first-order chi connectivity index (χ1) is 12.1. The highest BCUT2D eigenvalue weighted by Gasteiger charge is 2.56. The van der Waals surface area contributed by atoms with E-state index in [1.165, 1.54) is 11.1 Å². The fourth-order valence-corrected chi connectivity index (χ4v) is 4.02. The number of rotatable bonds is 6. The lowest BCUT2D eigenvalue weighted by Gasteiger charge is -2.47. The molecule has 25 heavy (non-hydrogen) atoms. The van der Waals surface area contributed by atoms with Crippen LogP contribution in [0.3, 0.4) is 0 Å². The van der Waals surface area contributed by atoms with Gasteiger partial charge >= 0.3 is 0 Å². The van der Waals surface area contributed by atoms with E-state index in [0.717, 1.165) is 38.3 Å². The highest BCUT2D eigenvalue weighted by Crippen LogP contribution is 2.40. The molecular weight excluding hydrogens is 312 g/mol. The van der Waals surface area contributed by atoms with Crippen molar-refractivity contribution in [2.45, 2.75) is 37.5 Å². The molecular formula is C21H30N2O2+2. The van der Waals surface area contributed by atoms with Gasteiger partial charge in [-0.15, -0.1) is 0 Å². The monoisotopic (exact) mass is 342 g/mol. The van der Waals surface area contributed by atoms with Crippen molar-refractivity contribution >= 4 is 0 Å². The van der Waals surface area contributed by atoms with Gasteiger partial charge in [0.2, 0.25) is 0 Å². The predicted octanol–water partition coefficient (Wildman–Crippen LogP) is 1.47. The third kappa shape index (κ3) is 3.43. The fourth-order valence-electron chi connectivity index (χ4n) is 4.02. The van der Waals surface area contributed by atoms with E-state index in [1.54, 1.807) is 7.11 Å². The van der Waals surface area contributed by atoms with E-state index in [-0.39, 0.29) is 11.1 Å². The largest absolute Gasteiger partial charge is 0.497 e. The predicted molar refractivity (Wildman–Crippen MR) is 98.1 cm³/mol. The summed E-state index contributed by atoms with van der Waals surface area (Å²) in [5.74, 6) is 0.872. The number of nitrogens with two attached hydrogens (primary N) is 1. The topological polar surface area (TPSA) is 62.7 Å². The van der Waals surface area contributed by atoms with Crippen LogP contribution in [0.15, 0.2) is 54.6 Å². The van der Waals surface area contributed by atoms with Gasteiger partial charge in [-0.05, 0) is 31.0 Å². The minimum absolute atomic E-state index is 0.0737. The quantitative estimate of drug-likeness (QED) is 0.835. The molecule has 0 spiro atoms. The summed E-state index contributed by atoms with van der Waals surface area (Å²) in [6.07, 6.45) is 2.18. The number of ether oxygens (including phenoxy) is 2. The zero-order chi connectivity index (χ0) is 17.8. The third-order valence-electron chi connectivity index (χ3n) is 5.77. The molecule has 1 fully saturated rings. The van der Waals surface area contributed by atoms with Crippen molar-refractivity contribution in [3.05, 3.63) is 65.7 Å². The van der Waals surface area contributed by atoms with Gasteiger partial charge in [-0.1, -0.05) is 42.5 Å². The van der Waals surface area contributed by atoms with Crippen molar-refractivity contribution in [2.24, 2.45) is 0 Å². The van der Waals surface area contributed by atoms with Crippen molar-refractivity contribution < 1.29 is 20.5 Å². The lowest BCUT2D eigenvalue weighted by molar-refractivity contribution is -0.778. The maximum absolute atomic E-state index is 6.41. The van der Waals surface area contributed by atoms with Crippen LogP contribution in [0.4, 0.5) is 0 Å². The van der Waals surface area contributed by atoms with Crippen LogP contribution in [0.2, 0.25) is 0 Å². The smallest absolute Gasteiger partial charge is 0.179 e. The first-order valence-corrected chi connectivity index (χ1v) is 9.09. The Kier molecular flexibility index (Phi) is 5.42. The second-order valence-corrected chi connectivity index (χ2v) is 7.01. The van der Waals surface area contributed by atoms with Gasteiger partial charge in [0.05, 0.1) is 7.11 Å². The first-order valence-electron chi connectivity index (χ1n) is 9.09. The van der Waals surface area contributed by atoms with Crippen molar-refractivity contribution in [3.8, 4) is 5.75 Å². The second-order valence-electron chi connectivity index (χ2n) is 7.01. The molecule has 4 heteroatoms. The van der Waals surface area contributed by atoms with Gasteiger partial charge in [-0.2, -0.15) is 0 Å². The maximum Gasteiger partial charge on any atom is 0.179 e. The SMILES string of the molecule is COc1ccc(C2(C)OCCCC2(C[NH3+])[NH2+]Cc2ccccc2)cc1. The minimum atomic E-state index is -0.367. The zero-order valence-corrected chi connectivity index (χ0v) is 15.3. The van der Waals surface area contributed by atoms with Gasteiger partial charge in [-0.3, -0.25) is 0 Å². The molecule has 4 nitrogen and oxygen atoms in total. The van der Waals surface area contributed by atoms with Crippen LogP contribution in [0.1, 0.15) is 30.9 Å². The number of benzene rings is 2. The number of quaternary nitrogens is 2. The molecule has 2 aromatic carbocycles. The molecule has 1 aliphatic rings. The van der Waals surface area contributed by atoms with Gasteiger partial charge in [-0.25, -0.2) is 0 Å². The molecule has 0 aliphatic carbocycles. The van der Waals surface area contributed by atoms with Crippen molar-refractivity contribution in [1.82, 2.24) is 0 Å². The summed E-state index contributed by atoms with van der Waals surface area (Å²) in [5.41, 5.74) is 6.40. The molecule has 0 amide bonds. The van der Waals surface area contributed by atoms with E-state index >= 15 is 0 Å². The number of hydrogen-bond acceptors (Lipinski definition) is 2. The lowest BCUT2D eigenvalue weighted by atomic mass is 9.71. The molecule has 2 unspecified atom stereocenters. The number of hydrogen-bond donors (Lipinski definition) is 2. The van der Waals surface area contributed by atoms with E-state index in [1.807, 2.05) is 12.1 Å². The molecule has 1 saturated heterocycles. The normalized spacial score (nSPS) is 26.4. The van der Waals surface area contributed by atoms with Gasteiger partial charge in [0.25, 0.3) is 0 Å². The number of methoxy groups -OCH3 is 1. The Bertz CT molecular complexity index is 674. The summed E-state index contributed by atoms with van der Waals surface area (Å²) >= 11 is 0. The standard InChI is InChI=1S/C21H28N2O2/c1-20(18-9-11-19(24-2)12-10-18)21(16-22,13-6-14-25-20)23-15-17-7-4-3-5-8-17/h3-5,7-12,23H,6,13-16,22H2,1-2H3/p+2. The average Bonchev–Trinajstić information content (AvgIpc) is 2.68. The summed E-state index contributed by atoms with van der Waals surface area (Å²) in [6, 6.07) is 18.9. The van der Waals surface area contributed by atoms with Gasteiger partial charge in [0, 0.05) is 18.6 Å². The average molecular weight is 342 g/mol. The highest BCUT2D eigenvalue weighted by atomic mass is 16.5. The minimum Gasteiger partial charge on any atom is -0.497 e. The lowest BCUT2D eigenvalue weighted by Crippen LogP contribution is -3.04. The molecule has 0 saturated carbocycles. The molecule has 134 valence electrons. The van der Waals surface area contributed by atoms with Gasteiger partial charge < -0.3 is 20.5 Å². The van der Waals surface area contributed by atoms with Crippen LogP contribution in [0.25, 0.3) is 0 Å². The summed E-state index contributed by atoms with van der Waals surface area (Å²) in [4.78, 5) is 0. The molecule has 3 rings (SSSR count). The van der Waals surface area contributed by atoms with Gasteiger partial charge in [0.15, 0.2) is 11.1 Å². The molecule has 0 radical (unpaired) electrons. The second kappa shape index (κ2) is 7.56. The Balaban J connectivity index is 1.90. The molecule has 1 heterocycles. The Hall–Kier alpha value is -1.88. The summed E-state index contributed by atoms with van der Waals surface area (Å²) < 4.78 is 11.7. The summed E-state index contributed by atoms with van der Waals surface area (Å²) in [5, 5.41) is 2.44. The molecule has 1 aliphatic heterocycles. The van der Waals surface area contributed by atoms with Crippen LogP contribution in [0, 0.1) is 0 Å². The van der Waals surface area contributed by atoms with Crippen LogP contribution < -0.4 is 15.8 Å². The first kappa shape index (κ1) is 17.9. The molecule has 0 bridgehead atoms. The Labute approximate surface area is 150 Å². The highest BCUT2D eigenvalue weighted by molar-refractivity contribution is 5.33. The fraction of sp³-hybridized carbons (Fsp3) is 0.429. The Morgan fingerprint density at radius 3 is 2.48 bits per heavy atom. The van der Waals surface area contributed by atoms with E-state index < -0.39 is 0 Å². The molecule has 2 aromatic rings. The molecule has 0 aromatic heterocycles. The van der Waals surface area contributed by atoms with E-state index in [0.29, 0.717) is 0 Å². The third-order valence-corrected chi connectivity index (χ3v) is 5.77. The van der Waals surface area contributed by atoms with Crippen molar-refractivity contribution in [3.63, 3.8) is 0 Å². The van der Waals surface area contributed by atoms with E-state index in [4.69, 9.17) is 9.47 Å². The zero-order valence-electron chi connectivity index (χ0n) is 15.3. The van der Waals surface area contributed by atoms with Crippen molar-refractivity contribution in [1.29, 1.82) is 0 Å². The Morgan fingerprint density at radius 2 is 1.84 bits per heavy atom. The van der Waals surface area contributed by atoms with Crippen LogP contribution in [-0.2, 0) is 16.9 Å². The molecule has 5 N–H and O–H groups in total. The Morgan fingerprint density at radius 1 is 1.12 bits per heavy atom. The molecule has 2 atom stereocenters. The maximum atomic E-state index is 6.41. The van der Waals surface area contributed by atoms with E-state index in [2.05, 4.69) is 60.4 Å². The van der Waals surface area contributed by atoms with Gasteiger partial charge in [0.1, 0.15) is 18.8 Å².